The van der Waals surface area contributed by atoms with Gasteiger partial charge in [0.05, 0.1) is 0 Å². The van der Waals surface area contributed by atoms with Crippen molar-refractivity contribution in [3.8, 4) is 0 Å². The van der Waals surface area contributed by atoms with Crippen LogP contribution in [0.4, 0.5) is 0 Å². The molecule has 2 aromatic carbocycles. The molecule has 2 nitrogen and oxygen atoms in total. The van der Waals surface area contributed by atoms with E-state index in [0.717, 1.165) is 48.2 Å². The summed E-state index contributed by atoms with van der Waals surface area (Å²) in [5, 5.41) is 0. The second-order valence-corrected chi connectivity index (χ2v) is 10.8. The van der Waals surface area contributed by atoms with E-state index in [1.165, 1.54) is 97.6 Å². The van der Waals surface area contributed by atoms with Crippen molar-refractivity contribution in [2.45, 2.75) is 124 Å². The first kappa shape index (κ1) is 29.1. The van der Waals surface area contributed by atoms with Gasteiger partial charge in [0.25, 0.3) is 0 Å². The average Bonchev–Trinajstić information content (AvgIpc) is 3.21. The third-order valence-corrected chi connectivity index (χ3v) is 7.81. The summed E-state index contributed by atoms with van der Waals surface area (Å²) in [5.74, 6) is 0. The Bertz CT molecular complexity index is 1050. The van der Waals surface area contributed by atoms with Crippen LogP contribution in [0.5, 0.6) is 0 Å². The third kappa shape index (κ3) is 8.00. The molecule has 0 spiro atoms. The Morgan fingerprint density at radius 3 is 1.84 bits per heavy atom. The summed E-state index contributed by atoms with van der Waals surface area (Å²) in [5.41, 5.74) is 21.4. The minimum Gasteiger partial charge on any atom is -0.493 e. The quantitative estimate of drug-likeness (QED) is 0.153. The molecule has 0 N–H and O–H groups in total. The predicted octanol–water partition coefficient (Wildman–Crippen LogP) is 11.1. The topological polar surface area (TPSA) is 25.3 Å². The summed E-state index contributed by atoms with van der Waals surface area (Å²) in [6.45, 7) is 9.02. The SMILES string of the molecule is CCCCCCCCC1=C(c2cccc(CCCC)c2)[N+](=[N-])C(c2ccc(CCCCC)cc2)=C1CC. The number of unbranched alkanes of at least 4 members (excludes halogenated alkanes) is 8. The minimum atomic E-state index is 0.925. The number of hydrogen-bond acceptors (Lipinski definition) is 0. The van der Waals surface area contributed by atoms with Crippen LogP contribution in [0.25, 0.3) is 16.9 Å². The van der Waals surface area contributed by atoms with E-state index in [0.29, 0.717) is 0 Å². The normalized spacial score (nSPS) is 13.8. The lowest BCUT2D eigenvalue weighted by molar-refractivity contribution is -0.345. The van der Waals surface area contributed by atoms with Gasteiger partial charge in [0, 0.05) is 22.3 Å². The lowest BCUT2D eigenvalue weighted by Gasteiger charge is -2.11. The maximum absolute atomic E-state index is 11.7. The minimum absolute atomic E-state index is 0.925. The van der Waals surface area contributed by atoms with E-state index in [1.807, 2.05) is 0 Å². The zero-order chi connectivity index (χ0) is 26.5. The average molecular weight is 499 g/mol. The molecular weight excluding hydrogens is 448 g/mol. The fraction of sp³-hybridized carbons (Fsp3) is 0.543. The van der Waals surface area contributed by atoms with Crippen LogP contribution < -0.4 is 0 Å². The zero-order valence-electron chi connectivity index (χ0n) is 24.1. The summed E-state index contributed by atoms with van der Waals surface area (Å²) < 4.78 is 1.52. The molecule has 2 aromatic rings. The number of nitrogens with zero attached hydrogens (tertiary/aromatic N) is 2. The van der Waals surface area contributed by atoms with Crippen LogP contribution >= 0.6 is 0 Å². The first-order valence-electron chi connectivity index (χ1n) is 15.3. The van der Waals surface area contributed by atoms with Crippen molar-refractivity contribution in [1.82, 2.24) is 0 Å². The summed E-state index contributed by atoms with van der Waals surface area (Å²) >= 11 is 0. The molecule has 0 fully saturated rings. The maximum Gasteiger partial charge on any atom is 0.211 e. The molecule has 2 heteroatoms. The largest absolute Gasteiger partial charge is 0.493 e. The van der Waals surface area contributed by atoms with E-state index >= 15 is 0 Å². The molecule has 0 saturated heterocycles. The van der Waals surface area contributed by atoms with Gasteiger partial charge in [-0.15, -0.1) is 0 Å². The summed E-state index contributed by atoms with van der Waals surface area (Å²) in [6.07, 6.45) is 18.1. The van der Waals surface area contributed by atoms with Crippen LogP contribution in [-0.4, -0.2) is 4.70 Å². The molecule has 0 bridgehead atoms. The van der Waals surface area contributed by atoms with Crippen molar-refractivity contribution < 1.29 is 4.70 Å². The van der Waals surface area contributed by atoms with E-state index in [-0.39, 0.29) is 0 Å². The Balaban J connectivity index is 1.92. The fourth-order valence-corrected chi connectivity index (χ4v) is 5.64. The Morgan fingerprint density at radius 2 is 1.14 bits per heavy atom. The highest BCUT2D eigenvalue weighted by molar-refractivity contribution is 5.82. The Morgan fingerprint density at radius 1 is 0.541 bits per heavy atom. The molecule has 0 aliphatic carbocycles. The monoisotopic (exact) mass is 498 g/mol. The molecule has 3 rings (SSSR count). The molecule has 37 heavy (non-hydrogen) atoms. The van der Waals surface area contributed by atoms with Crippen LogP contribution in [-0.2, 0) is 12.8 Å². The van der Waals surface area contributed by atoms with Gasteiger partial charge in [-0.1, -0.05) is 103 Å². The second kappa shape index (κ2) is 15.7. The molecule has 1 heterocycles. The van der Waals surface area contributed by atoms with Gasteiger partial charge in [0.1, 0.15) is 0 Å². The van der Waals surface area contributed by atoms with Gasteiger partial charge in [-0.2, -0.15) is 0 Å². The van der Waals surface area contributed by atoms with E-state index in [4.69, 9.17) is 0 Å². The number of benzene rings is 2. The molecule has 1 aliphatic rings. The van der Waals surface area contributed by atoms with E-state index in [1.54, 1.807) is 0 Å². The van der Waals surface area contributed by atoms with Crippen LogP contribution in [0.1, 0.15) is 133 Å². The van der Waals surface area contributed by atoms with Crippen LogP contribution in [0, 0.1) is 0 Å². The molecule has 1 aliphatic heterocycles. The standard InChI is InChI=1S/C35H50N2/c1-5-9-12-13-14-16-22-33-32(8-4)34(30-25-23-28(24-26-30)19-15-10-6-2)37(36)35(33)31-21-17-20-29(27-31)18-11-7-3/h17,20-21,23-27H,5-16,18-19,22H2,1-4H3. The molecule has 0 aromatic heterocycles. The van der Waals surface area contributed by atoms with Crippen LogP contribution in [0.2, 0.25) is 0 Å². The van der Waals surface area contributed by atoms with Gasteiger partial charge in [0.15, 0.2) is 0 Å². The van der Waals surface area contributed by atoms with Crippen LogP contribution in [0.3, 0.4) is 0 Å². The summed E-state index contributed by atoms with van der Waals surface area (Å²) in [6, 6.07) is 17.8. The van der Waals surface area contributed by atoms with Crippen molar-refractivity contribution in [2.75, 3.05) is 0 Å². The highest BCUT2D eigenvalue weighted by atomic mass is 15.2. The zero-order valence-corrected chi connectivity index (χ0v) is 24.1. The highest BCUT2D eigenvalue weighted by Gasteiger charge is 2.34. The van der Waals surface area contributed by atoms with Crippen molar-refractivity contribution in [1.29, 1.82) is 0 Å². The lowest BCUT2D eigenvalue weighted by atomic mass is 9.92. The molecule has 0 unspecified atom stereocenters. The molecule has 0 saturated carbocycles. The van der Waals surface area contributed by atoms with Gasteiger partial charge in [-0.05, 0) is 80.3 Å². The van der Waals surface area contributed by atoms with E-state index < -0.39 is 0 Å². The second-order valence-electron chi connectivity index (χ2n) is 10.8. The van der Waals surface area contributed by atoms with Crippen molar-refractivity contribution in [3.05, 3.63) is 87.5 Å². The molecule has 0 atom stereocenters. The Kier molecular flexibility index (Phi) is 12.3. The van der Waals surface area contributed by atoms with Crippen molar-refractivity contribution in [3.63, 3.8) is 0 Å². The van der Waals surface area contributed by atoms with Crippen LogP contribution in [0.15, 0.2) is 59.7 Å². The van der Waals surface area contributed by atoms with E-state index in [2.05, 4.69) is 76.2 Å². The van der Waals surface area contributed by atoms with Crippen molar-refractivity contribution >= 4 is 11.4 Å². The molecular formula is C35H50N2. The number of allylic oxidation sites excluding steroid dienone is 2. The number of rotatable bonds is 17. The summed E-state index contributed by atoms with van der Waals surface area (Å²) in [7, 11) is 0. The number of hydrogen-bond donors (Lipinski definition) is 0. The van der Waals surface area contributed by atoms with Gasteiger partial charge in [0.2, 0.25) is 11.4 Å². The smallest absolute Gasteiger partial charge is 0.211 e. The van der Waals surface area contributed by atoms with Gasteiger partial charge < -0.3 is 5.53 Å². The first-order chi connectivity index (χ1) is 18.1. The van der Waals surface area contributed by atoms with Crippen molar-refractivity contribution in [2.24, 2.45) is 0 Å². The van der Waals surface area contributed by atoms with Gasteiger partial charge in [-0.3, -0.25) is 0 Å². The third-order valence-electron chi connectivity index (χ3n) is 7.81. The molecule has 200 valence electrons. The first-order valence-corrected chi connectivity index (χ1v) is 15.3. The summed E-state index contributed by atoms with van der Waals surface area (Å²) in [4.78, 5) is 0. The Hall–Kier alpha value is -2.48. The lowest BCUT2D eigenvalue weighted by Crippen LogP contribution is -2.03. The molecule has 0 radical (unpaired) electrons. The maximum atomic E-state index is 11.7. The van der Waals surface area contributed by atoms with E-state index in [9.17, 15) is 5.53 Å². The highest BCUT2D eigenvalue weighted by Crippen LogP contribution is 2.44. The number of aryl methyl sites for hydroxylation is 2. The molecule has 0 amide bonds. The van der Waals surface area contributed by atoms with Gasteiger partial charge >= 0.3 is 0 Å². The Labute approximate surface area is 227 Å². The predicted molar refractivity (Wildman–Crippen MR) is 160 cm³/mol. The van der Waals surface area contributed by atoms with Gasteiger partial charge in [-0.25, -0.2) is 4.70 Å². The fourth-order valence-electron chi connectivity index (χ4n) is 5.64.